The lowest BCUT2D eigenvalue weighted by molar-refractivity contribution is -0.874. The molecular weight excluding hydrogens is 815 g/mol. The summed E-state index contributed by atoms with van der Waals surface area (Å²) in [6.07, 6.45) is -0.420. The fraction of sp³-hybridized carbons (Fsp3) is 0.610. The lowest BCUT2D eigenvalue weighted by Gasteiger charge is -2.47. The minimum Gasteiger partial charge on any atom is -0.466 e. The van der Waals surface area contributed by atoms with Crippen LogP contribution in [-0.2, 0) is 42.7 Å². The van der Waals surface area contributed by atoms with Crippen molar-refractivity contribution in [2.75, 3.05) is 76.8 Å². The Kier molecular flexibility index (Phi) is 15.6. The van der Waals surface area contributed by atoms with Crippen LogP contribution in [0.5, 0.6) is 0 Å². The van der Waals surface area contributed by atoms with E-state index in [0.717, 1.165) is 11.3 Å². The molecule has 3 amide bonds. The Labute approximate surface area is 355 Å². The summed E-state index contributed by atoms with van der Waals surface area (Å²) < 4.78 is 33.6. The zero-order valence-corrected chi connectivity index (χ0v) is 36.5. The van der Waals surface area contributed by atoms with Crippen molar-refractivity contribution < 1.29 is 66.5 Å². The first kappa shape index (κ1) is 47.1. The molecule has 2 aromatic rings. The molecule has 334 valence electrons. The highest BCUT2D eigenvalue weighted by Crippen LogP contribution is 2.53. The summed E-state index contributed by atoms with van der Waals surface area (Å²) in [7, 11) is -5.20. The maximum atomic E-state index is 15.4. The molecule has 0 spiro atoms. The second kappa shape index (κ2) is 20.3. The Hall–Kier alpha value is -4.97. The Morgan fingerprint density at radius 2 is 1.48 bits per heavy atom. The minimum absolute atomic E-state index is 0.00103. The van der Waals surface area contributed by atoms with Crippen LogP contribution in [-0.4, -0.2) is 160 Å². The number of rotatable bonds is 18. The van der Waals surface area contributed by atoms with Gasteiger partial charge in [-0.2, -0.15) is 0 Å². The molecule has 2 aliphatic heterocycles. The minimum atomic E-state index is -5.20. The summed E-state index contributed by atoms with van der Waals surface area (Å²) in [6.45, 7) is 10.1. The van der Waals surface area contributed by atoms with Crippen molar-refractivity contribution in [3.8, 4) is 11.4 Å². The largest absolute Gasteiger partial charge is 0.466 e. The van der Waals surface area contributed by atoms with Crippen LogP contribution >= 0.6 is 7.60 Å². The number of hydrogen-bond acceptors (Lipinski definition) is 14. The second-order valence-electron chi connectivity index (χ2n) is 15.5. The van der Waals surface area contributed by atoms with Gasteiger partial charge in [-0.05, 0) is 52.9 Å². The fourth-order valence-electron chi connectivity index (χ4n) is 8.29. The normalized spacial score (nSPS) is 20.7. The number of anilines is 1. The molecule has 3 aliphatic rings. The number of ether oxygens (including phenoxy) is 4. The number of unbranched alkanes of at least 4 members (excludes halogenated alkanes) is 1. The third kappa shape index (κ3) is 10.7. The summed E-state index contributed by atoms with van der Waals surface area (Å²) >= 11 is 0. The highest BCUT2D eigenvalue weighted by molar-refractivity contribution is 7.51. The van der Waals surface area contributed by atoms with Crippen LogP contribution in [0.15, 0.2) is 36.4 Å². The predicted octanol–water partition coefficient (Wildman–Crippen LogP) is 2.88. The molecule has 20 heteroatoms. The zero-order valence-electron chi connectivity index (χ0n) is 35.6. The van der Waals surface area contributed by atoms with Gasteiger partial charge in [-0.1, -0.05) is 43.7 Å². The maximum absolute atomic E-state index is 15.4. The van der Waals surface area contributed by atoms with E-state index in [9.17, 15) is 33.5 Å². The third-order valence-corrected chi connectivity index (χ3v) is 12.5. The monoisotopic (exact) mass is 873 g/mol. The number of fused-ring (bicyclic) bond motifs is 1. The van der Waals surface area contributed by atoms with Crippen molar-refractivity contribution >= 4 is 49.2 Å². The van der Waals surface area contributed by atoms with Crippen LogP contribution in [0, 0.1) is 17.8 Å². The Bertz CT molecular complexity index is 1960. The molecule has 5 rings (SSSR count). The quantitative estimate of drug-likeness (QED) is 0.0721. The molecule has 61 heavy (non-hydrogen) atoms. The van der Waals surface area contributed by atoms with E-state index in [-0.39, 0.29) is 87.8 Å². The number of esters is 3. The van der Waals surface area contributed by atoms with E-state index in [0.29, 0.717) is 30.9 Å². The van der Waals surface area contributed by atoms with Crippen molar-refractivity contribution in [1.82, 2.24) is 19.8 Å². The van der Waals surface area contributed by atoms with Gasteiger partial charge in [0.05, 0.1) is 51.6 Å². The van der Waals surface area contributed by atoms with Gasteiger partial charge in [-0.15, -0.1) is 0 Å². The lowest BCUT2D eigenvalue weighted by atomic mass is 10.0. The number of piperidine rings is 1. The van der Waals surface area contributed by atoms with Gasteiger partial charge in [0.2, 0.25) is 0 Å². The first-order valence-corrected chi connectivity index (χ1v) is 22.7. The topological polar surface area (TPSA) is 232 Å². The molecule has 3 heterocycles. The van der Waals surface area contributed by atoms with Crippen molar-refractivity contribution in [2.24, 2.45) is 17.8 Å². The Morgan fingerprint density at radius 1 is 0.869 bits per heavy atom. The Morgan fingerprint density at radius 3 is 2.05 bits per heavy atom. The van der Waals surface area contributed by atoms with E-state index in [2.05, 4.69) is 4.98 Å². The van der Waals surface area contributed by atoms with Crippen molar-refractivity contribution in [1.29, 1.82) is 0 Å². The van der Waals surface area contributed by atoms with Crippen LogP contribution in [0.2, 0.25) is 0 Å². The molecule has 6 atom stereocenters. The third-order valence-electron chi connectivity index (χ3n) is 11.7. The first-order valence-electron chi connectivity index (χ1n) is 20.9. The van der Waals surface area contributed by atoms with Crippen molar-refractivity contribution in [2.45, 2.75) is 72.5 Å². The summed E-state index contributed by atoms with van der Waals surface area (Å²) in [6, 6.07) is 5.24. The standard InChI is InChI=1S/C41H57N6O13P/c1-7-11-21-60-41(53)44-17-19-47(20-18-44,27(6)39(51)58-9-3)37(49)32(25-61(54,55)56)46(26(5)38(50)57-8-2)36(48)31-22-33(43-35(42-31)28-15-13-12-14-16-28)45-23-29-30(24-45)34(29)40(52)59-10-4/h12-16,22,26-27,29-30,32,34H,7-11,17-21,23-25H2,1-6H3,(H-,54,55,56)/p+1/t26?,27-,29-,30+,32-,34?/m0/s1. The molecule has 2 saturated heterocycles. The molecular formula is C41H58N6O13P+. The summed E-state index contributed by atoms with van der Waals surface area (Å²) in [5.74, 6) is -3.85. The average Bonchev–Trinajstić information content (AvgIpc) is 3.75. The Balaban J connectivity index is 1.61. The molecule has 2 N–H and O–H groups in total. The molecule has 19 nitrogen and oxygen atoms in total. The van der Waals surface area contributed by atoms with Gasteiger partial charge >= 0.3 is 37.5 Å². The van der Waals surface area contributed by atoms with Gasteiger partial charge < -0.3 is 38.5 Å². The van der Waals surface area contributed by atoms with Gasteiger partial charge in [-0.25, -0.2) is 33.6 Å². The van der Waals surface area contributed by atoms with Gasteiger partial charge in [0.25, 0.3) is 5.91 Å². The highest BCUT2D eigenvalue weighted by Gasteiger charge is 2.61. The summed E-state index contributed by atoms with van der Waals surface area (Å²) in [4.78, 5) is 118. The predicted molar refractivity (Wildman–Crippen MR) is 219 cm³/mol. The molecule has 0 radical (unpaired) electrons. The number of hydrogen-bond donors (Lipinski definition) is 2. The number of amides is 3. The van der Waals surface area contributed by atoms with Gasteiger partial charge in [0, 0.05) is 24.7 Å². The first-order chi connectivity index (χ1) is 29.0. The van der Waals surface area contributed by atoms with E-state index in [4.69, 9.17) is 23.9 Å². The van der Waals surface area contributed by atoms with E-state index >= 15 is 9.59 Å². The van der Waals surface area contributed by atoms with Crippen LogP contribution < -0.4 is 4.90 Å². The van der Waals surface area contributed by atoms with Crippen molar-refractivity contribution in [3.63, 3.8) is 0 Å². The summed E-state index contributed by atoms with van der Waals surface area (Å²) in [5, 5.41) is 0. The van der Waals surface area contributed by atoms with E-state index in [1.54, 1.807) is 51.1 Å². The van der Waals surface area contributed by atoms with E-state index < -0.39 is 66.2 Å². The smallest absolute Gasteiger partial charge is 0.410 e. The van der Waals surface area contributed by atoms with Gasteiger partial charge in [-0.3, -0.25) is 19.1 Å². The molecule has 2 unspecified atom stereocenters. The molecule has 1 saturated carbocycles. The number of nitrogens with zero attached hydrogens (tertiary/aromatic N) is 6. The number of aromatic nitrogens is 2. The second-order valence-corrected chi connectivity index (χ2v) is 17.2. The number of benzene rings is 1. The molecule has 1 aliphatic carbocycles. The fourth-order valence-corrected chi connectivity index (χ4v) is 9.07. The van der Waals surface area contributed by atoms with Crippen LogP contribution in [0.4, 0.5) is 10.6 Å². The highest BCUT2D eigenvalue weighted by atomic mass is 31.2. The van der Waals surface area contributed by atoms with E-state index in [1.165, 1.54) is 24.8 Å². The maximum Gasteiger partial charge on any atom is 0.410 e. The van der Waals surface area contributed by atoms with E-state index in [1.807, 2.05) is 11.8 Å². The molecule has 1 aromatic carbocycles. The summed E-state index contributed by atoms with van der Waals surface area (Å²) in [5.41, 5.74) is 0.231. The van der Waals surface area contributed by atoms with Crippen LogP contribution in [0.3, 0.4) is 0 Å². The number of carbonyl (C=O) groups is 6. The van der Waals surface area contributed by atoms with Gasteiger partial charge in [0.1, 0.15) is 30.6 Å². The zero-order chi connectivity index (χ0) is 44.6. The number of carbonyl (C=O) groups excluding carboxylic acids is 6. The average molecular weight is 874 g/mol. The van der Waals surface area contributed by atoms with Gasteiger partial charge in [0.15, 0.2) is 17.9 Å². The molecule has 1 aromatic heterocycles. The van der Waals surface area contributed by atoms with Crippen LogP contribution in [0.25, 0.3) is 11.4 Å². The lowest BCUT2D eigenvalue weighted by Crippen LogP contribution is -2.73. The molecule has 0 bridgehead atoms. The molecule has 3 fully saturated rings. The number of piperazine rings is 1. The number of quaternary nitrogens is 1. The van der Waals surface area contributed by atoms with Crippen molar-refractivity contribution in [3.05, 3.63) is 42.1 Å². The van der Waals surface area contributed by atoms with Crippen LogP contribution in [0.1, 0.15) is 64.9 Å². The SMILES string of the molecule is CCCCOC(=O)N1CC[N+](C(=O)[C@H](CP(=O)(O)O)N(C(=O)c2cc(N3C[C@@H]4C(C(=O)OCC)[C@@H]4C3)nc(-c3ccccc3)n2)C(C)C(=O)OCC)([C@@H](C)C(=O)OCC)CC1.